The lowest BCUT2D eigenvalue weighted by molar-refractivity contribution is 0.317. The van der Waals surface area contributed by atoms with Crippen molar-refractivity contribution in [3.8, 4) is 0 Å². The molecule has 0 bridgehead atoms. The van der Waals surface area contributed by atoms with E-state index in [1.165, 1.54) is 45.3 Å². The maximum Gasteiger partial charge on any atom is 0.0606 e. The lowest BCUT2D eigenvalue weighted by Crippen LogP contribution is -2.40. The molecule has 76 valence electrons. The summed E-state index contributed by atoms with van der Waals surface area (Å²) in [5.74, 6) is 0. The van der Waals surface area contributed by atoms with Crippen LogP contribution in [0.25, 0.3) is 0 Å². The Morgan fingerprint density at radius 1 is 1.31 bits per heavy atom. The molecule has 1 fully saturated rings. The van der Waals surface area contributed by atoms with Gasteiger partial charge in [-0.1, -0.05) is 33.0 Å². The van der Waals surface area contributed by atoms with Gasteiger partial charge >= 0.3 is 0 Å². The van der Waals surface area contributed by atoms with Crippen LogP contribution in [0.3, 0.4) is 0 Å². The molecule has 1 saturated heterocycles. The molecule has 0 amide bonds. The third kappa shape index (κ3) is 6.14. The van der Waals surface area contributed by atoms with Crippen LogP contribution in [0.5, 0.6) is 0 Å². The molecule has 2 unspecified atom stereocenters. The summed E-state index contributed by atoms with van der Waals surface area (Å²) < 4.78 is 0. The van der Waals surface area contributed by atoms with Gasteiger partial charge in [-0.15, -0.1) is 0 Å². The van der Waals surface area contributed by atoms with Crippen LogP contribution in [0.2, 0.25) is 6.82 Å². The van der Waals surface area contributed by atoms with Crippen molar-refractivity contribution < 1.29 is 0 Å². The third-order valence-corrected chi connectivity index (χ3v) is 2.62. The van der Waals surface area contributed by atoms with Crippen LogP contribution >= 0.6 is 0 Å². The molecular formula is C11H24BN. The second-order valence-electron chi connectivity index (χ2n) is 3.84. The van der Waals surface area contributed by atoms with Crippen LogP contribution in [0.15, 0.2) is 0 Å². The minimum absolute atomic E-state index is 0.769. The largest absolute Gasteiger partial charge is 0.312 e. The zero-order valence-electron chi connectivity index (χ0n) is 9.47. The fourth-order valence-corrected chi connectivity index (χ4v) is 1.92. The second-order valence-corrected chi connectivity index (χ2v) is 3.84. The zero-order chi connectivity index (χ0) is 10.1. The predicted octanol–water partition coefficient (Wildman–Crippen LogP) is 2.91. The minimum atomic E-state index is 0.769. The molecule has 1 N–H and O–H groups in total. The average Bonchev–Trinajstić information content (AvgIpc) is 2.18. The van der Waals surface area contributed by atoms with E-state index < -0.39 is 0 Å². The Labute approximate surface area is 85.1 Å². The highest BCUT2D eigenvalue weighted by Gasteiger charge is 2.16. The van der Waals surface area contributed by atoms with Gasteiger partial charge in [0.2, 0.25) is 0 Å². The quantitative estimate of drug-likeness (QED) is 0.660. The first kappa shape index (κ1) is 13.0. The third-order valence-electron chi connectivity index (χ3n) is 2.62. The average molecular weight is 181 g/mol. The van der Waals surface area contributed by atoms with Crippen molar-refractivity contribution in [1.29, 1.82) is 0 Å². The Kier molecular flexibility index (Phi) is 8.63. The highest BCUT2D eigenvalue weighted by atomic mass is 15.0. The summed E-state index contributed by atoms with van der Waals surface area (Å²) in [7, 11) is 4.50. The molecule has 1 nitrogen and oxygen atoms in total. The molecule has 0 aromatic carbocycles. The molecule has 0 aromatic rings. The van der Waals surface area contributed by atoms with Gasteiger partial charge in [0.05, 0.1) is 7.85 Å². The number of unbranched alkanes of at least 4 members (excludes halogenated alkanes) is 1. The fraction of sp³-hybridized carbons (Fsp3) is 1.00. The number of hydrogen-bond acceptors (Lipinski definition) is 1. The molecule has 0 saturated carbocycles. The van der Waals surface area contributed by atoms with E-state index in [2.05, 4.69) is 27.0 Å². The Morgan fingerprint density at radius 2 is 2.00 bits per heavy atom. The highest BCUT2D eigenvalue weighted by molar-refractivity contribution is 6.05. The van der Waals surface area contributed by atoms with Gasteiger partial charge in [0, 0.05) is 12.1 Å². The molecule has 2 atom stereocenters. The Bertz CT molecular complexity index is 106. The zero-order valence-corrected chi connectivity index (χ0v) is 9.47. The smallest absolute Gasteiger partial charge is 0.0606 e. The topological polar surface area (TPSA) is 12.0 Å². The molecule has 1 rings (SSSR count). The summed E-state index contributed by atoms with van der Waals surface area (Å²) in [6.07, 6.45) is 8.34. The maximum absolute atomic E-state index is 4.50. The maximum atomic E-state index is 4.50. The first-order chi connectivity index (χ1) is 6.33. The standard InChI is InChI=1S/C10H21N.CH3B/c1-3-4-7-10-8-5-6-9(2)11-10;1-2/h9-11H,3-8H2,1-2H3;1H3. The van der Waals surface area contributed by atoms with Crippen molar-refractivity contribution in [2.45, 2.75) is 71.3 Å². The van der Waals surface area contributed by atoms with Crippen molar-refractivity contribution in [3.05, 3.63) is 0 Å². The van der Waals surface area contributed by atoms with Crippen LogP contribution in [-0.2, 0) is 0 Å². The Balaban J connectivity index is 0.000000671. The van der Waals surface area contributed by atoms with E-state index in [0.29, 0.717) is 0 Å². The van der Waals surface area contributed by atoms with Crippen molar-refractivity contribution in [1.82, 2.24) is 5.32 Å². The molecule has 1 heterocycles. The van der Waals surface area contributed by atoms with E-state index >= 15 is 0 Å². The van der Waals surface area contributed by atoms with E-state index in [-0.39, 0.29) is 0 Å². The first-order valence-electron chi connectivity index (χ1n) is 5.66. The summed E-state index contributed by atoms with van der Waals surface area (Å²) in [6, 6.07) is 1.60. The van der Waals surface area contributed by atoms with E-state index in [1.54, 1.807) is 0 Å². The normalized spacial score (nSPS) is 27.6. The number of nitrogens with one attached hydrogen (secondary N) is 1. The lowest BCUT2D eigenvalue weighted by Gasteiger charge is -2.28. The number of rotatable bonds is 3. The van der Waals surface area contributed by atoms with Crippen molar-refractivity contribution in [2.24, 2.45) is 0 Å². The second kappa shape index (κ2) is 8.62. The molecule has 2 radical (unpaired) electrons. The monoisotopic (exact) mass is 181 g/mol. The van der Waals surface area contributed by atoms with Crippen LogP contribution in [0, 0.1) is 0 Å². The van der Waals surface area contributed by atoms with Gasteiger partial charge < -0.3 is 5.32 Å². The molecule has 0 aliphatic carbocycles. The molecule has 2 heteroatoms. The summed E-state index contributed by atoms with van der Waals surface area (Å²) in [5.41, 5.74) is 0. The van der Waals surface area contributed by atoms with Crippen LogP contribution in [0.1, 0.15) is 52.4 Å². The summed E-state index contributed by atoms with van der Waals surface area (Å²) in [6.45, 7) is 6.07. The molecule has 1 aliphatic heterocycles. The summed E-state index contributed by atoms with van der Waals surface area (Å²) in [5, 5.41) is 3.65. The van der Waals surface area contributed by atoms with Gasteiger partial charge in [0.25, 0.3) is 0 Å². The van der Waals surface area contributed by atoms with E-state index in [9.17, 15) is 0 Å². The predicted molar refractivity (Wildman–Crippen MR) is 61.4 cm³/mol. The Hall–Kier alpha value is 0.0249. The van der Waals surface area contributed by atoms with Crippen LogP contribution in [0.4, 0.5) is 0 Å². The van der Waals surface area contributed by atoms with Gasteiger partial charge in [-0.25, -0.2) is 0 Å². The van der Waals surface area contributed by atoms with Crippen LogP contribution in [-0.4, -0.2) is 19.9 Å². The van der Waals surface area contributed by atoms with Crippen molar-refractivity contribution in [3.63, 3.8) is 0 Å². The van der Waals surface area contributed by atoms with Crippen LogP contribution < -0.4 is 5.32 Å². The highest BCUT2D eigenvalue weighted by Crippen LogP contribution is 2.16. The molecule has 1 aliphatic rings. The van der Waals surface area contributed by atoms with Gasteiger partial charge in [0.15, 0.2) is 0 Å². The first-order valence-corrected chi connectivity index (χ1v) is 5.66. The van der Waals surface area contributed by atoms with Crippen molar-refractivity contribution in [2.75, 3.05) is 0 Å². The minimum Gasteiger partial charge on any atom is -0.312 e. The van der Waals surface area contributed by atoms with E-state index in [1.807, 2.05) is 0 Å². The number of piperidine rings is 1. The fourth-order valence-electron chi connectivity index (χ4n) is 1.92. The van der Waals surface area contributed by atoms with Gasteiger partial charge in [-0.05, 0) is 26.2 Å². The summed E-state index contributed by atoms with van der Waals surface area (Å²) >= 11 is 0. The molecular weight excluding hydrogens is 157 g/mol. The molecule has 0 aromatic heterocycles. The van der Waals surface area contributed by atoms with Gasteiger partial charge in [0.1, 0.15) is 0 Å². The van der Waals surface area contributed by atoms with Gasteiger partial charge in [-0.3, -0.25) is 0 Å². The number of hydrogen-bond donors (Lipinski definition) is 1. The molecule has 0 spiro atoms. The van der Waals surface area contributed by atoms with E-state index in [0.717, 1.165) is 12.1 Å². The van der Waals surface area contributed by atoms with Crippen molar-refractivity contribution >= 4 is 7.85 Å². The lowest BCUT2D eigenvalue weighted by atomic mass is 9.96. The SMILES string of the molecule is CCCCC1CCCC(C)N1.[B]C. The van der Waals surface area contributed by atoms with E-state index in [4.69, 9.17) is 0 Å². The van der Waals surface area contributed by atoms with Gasteiger partial charge in [-0.2, -0.15) is 0 Å². The summed E-state index contributed by atoms with van der Waals surface area (Å²) in [4.78, 5) is 0. The molecule has 13 heavy (non-hydrogen) atoms. The Morgan fingerprint density at radius 3 is 2.54 bits per heavy atom.